The van der Waals surface area contributed by atoms with Crippen molar-refractivity contribution < 1.29 is 14.3 Å². The number of aromatic amines is 1. The first-order chi connectivity index (χ1) is 15.0. The Bertz CT molecular complexity index is 917. The van der Waals surface area contributed by atoms with Gasteiger partial charge < -0.3 is 19.5 Å². The highest BCUT2D eigenvalue weighted by Gasteiger charge is 2.37. The molecule has 1 atom stereocenters. The number of rotatable bonds is 4. The predicted octanol–water partition coefficient (Wildman–Crippen LogP) is 1.59. The van der Waals surface area contributed by atoms with Crippen molar-refractivity contribution in [2.45, 2.75) is 69.9 Å². The minimum Gasteiger partial charge on any atom is -0.381 e. The Balaban J connectivity index is 1.25. The topological polar surface area (TPSA) is 95.6 Å². The summed E-state index contributed by atoms with van der Waals surface area (Å²) in [5, 5.41) is 0. The second kappa shape index (κ2) is 8.37. The molecule has 0 bridgehead atoms. The van der Waals surface area contributed by atoms with E-state index in [1.807, 2.05) is 9.80 Å². The maximum atomic E-state index is 13.0. The maximum Gasteiger partial charge on any atom is 0.254 e. The first-order valence-corrected chi connectivity index (χ1v) is 11.8. The van der Waals surface area contributed by atoms with E-state index in [4.69, 9.17) is 9.72 Å². The zero-order valence-corrected chi connectivity index (χ0v) is 18.3. The van der Waals surface area contributed by atoms with Gasteiger partial charge in [-0.15, -0.1) is 0 Å². The number of carbonyl (C=O) groups is 2. The third-order valence-corrected chi connectivity index (χ3v) is 7.57. The van der Waals surface area contributed by atoms with Crippen LogP contribution in [-0.4, -0.2) is 64.4 Å². The van der Waals surface area contributed by atoms with Crippen LogP contribution >= 0.6 is 0 Å². The summed E-state index contributed by atoms with van der Waals surface area (Å²) in [7, 11) is 1.74. The number of ether oxygens (including phenoxy) is 1. The number of carbonyl (C=O) groups excluding carboxylic acids is 2. The number of hydrogen-bond donors (Lipinski definition) is 1. The number of hydrogen-bond acceptors (Lipinski definition) is 5. The third kappa shape index (κ3) is 4.14. The summed E-state index contributed by atoms with van der Waals surface area (Å²) in [6.45, 7) is 2.35. The molecule has 1 aromatic rings. The normalized spacial score (nSPS) is 28.5. The van der Waals surface area contributed by atoms with Crippen molar-refractivity contribution in [1.82, 2.24) is 19.8 Å². The number of nitrogens with zero attached hydrogens (tertiary/aromatic N) is 3. The van der Waals surface area contributed by atoms with Gasteiger partial charge in [-0.05, 0) is 51.4 Å². The molecule has 8 heteroatoms. The van der Waals surface area contributed by atoms with Gasteiger partial charge in [0.2, 0.25) is 11.8 Å². The molecular weight excluding hydrogens is 396 g/mol. The SMILES string of the molecule is COC1CCC(C(=O)N2CCC(c3nc4c(c(=O)[nH]3)CCN(C(=O)C3CC3)C4)C2)CC1. The molecule has 1 N–H and O–H groups in total. The molecule has 3 fully saturated rings. The van der Waals surface area contributed by atoms with Crippen molar-refractivity contribution in [1.29, 1.82) is 0 Å². The van der Waals surface area contributed by atoms with E-state index < -0.39 is 0 Å². The zero-order valence-electron chi connectivity index (χ0n) is 18.3. The fourth-order valence-electron chi connectivity index (χ4n) is 5.42. The largest absolute Gasteiger partial charge is 0.381 e. The fraction of sp³-hybridized carbons (Fsp3) is 0.739. The van der Waals surface area contributed by atoms with Gasteiger partial charge in [0.25, 0.3) is 5.56 Å². The highest BCUT2D eigenvalue weighted by atomic mass is 16.5. The van der Waals surface area contributed by atoms with Gasteiger partial charge in [-0.1, -0.05) is 0 Å². The van der Waals surface area contributed by atoms with E-state index in [2.05, 4.69) is 4.98 Å². The van der Waals surface area contributed by atoms with E-state index in [9.17, 15) is 14.4 Å². The Kier molecular flexibility index (Phi) is 5.58. The van der Waals surface area contributed by atoms with Crippen molar-refractivity contribution in [2.24, 2.45) is 11.8 Å². The lowest BCUT2D eigenvalue weighted by atomic mass is 9.86. The number of H-pyrrole nitrogens is 1. The third-order valence-electron chi connectivity index (χ3n) is 7.57. The highest BCUT2D eigenvalue weighted by molar-refractivity contribution is 5.81. The van der Waals surface area contributed by atoms with Crippen LogP contribution in [0.4, 0.5) is 0 Å². The van der Waals surface area contributed by atoms with Gasteiger partial charge >= 0.3 is 0 Å². The molecule has 1 saturated heterocycles. The second-order valence-electron chi connectivity index (χ2n) is 9.64. The van der Waals surface area contributed by atoms with Crippen LogP contribution in [0.5, 0.6) is 0 Å². The lowest BCUT2D eigenvalue weighted by Gasteiger charge is -2.30. The Labute approximate surface area is 182 Å². The number of fused-ring (bicyclic) bond motifs is 1. The smallest absolute Gasteiger partial charge is 0.254 e. The summed E-state index contributed by atoms with van der Waals surface area (Å²) in [5.41, 5.74) is 1.37. The summed E-state index contributed by atoms with van der Waals surface area (Å²) >= 11 is 0. The van der Waals surface area contributed by atoms with Crippen LogP contribution in [0.2, 0.25) is 0 Å². The molecule has 0 spiro atoms. The number of nitrogens with one attached hydrogen (secondary N) is 1. The van der Waals surface area contributed by atoms with Crippen molar-refractivity contribution in [2.75, 3.05) is 26.7 Å². The van der Waals surface area contributed by atoms with Crippen LogP contribution in [0.25, 0.3) is 0 Å². The van der Waals surface area contributed by atoms with Crippen LogP contribution in [0, 0.1) is 11.8 Å². The Morgan fingerprint density at radius 3 is 2.32 bits per heavy atom. The van der Waals surface area contributed by atoms with E-state index in [0.29, 0.717) is 44.0 Å². The molecule has 2 saturated carbocycles. The van der Waals surface area contributed by atoms with Crippen molar-refractivity contribution in [3.8, 4) is 0 Å². The first-order valence-electron chi connectivity index (χ1n) is 11.8. The van der Waals surface area contributed by atoms with Gasteiger partial charge in [-0.25, -0.2) is 4.98 Å². The summed E-state index contributed by atoms with van der Waals surface area (Å²) in [4.78, 5) is 49.8. The molecule has 168 valence electrons. The lowest BCUT2D eigenvalue weighted by Crippen LogP contribution is -2.40. The van der Waals surface area contributed by atoms with Crippen molar-refractivity contribution in [3.63, 3.8) is 0 Å². The van der Waals surface area contributed by atoms with Crippen LogP contribution in [0.15, 0.2) is 4.79 Å². The van der Waals surface area contributed by atoms with E-state index in [1.165, 1.54) is 0 Å². The minimum atomic E-state index is -0.0822. The first kappa shape index (κ1) is 20.7. The molecule has 2 amide bonds. The Morgan fingerprint density at radius 1 is 0.968 bits per heavy atom. The van der Waals surface area contributed by atoms with E-state index >= 15 is 0 Å². The summed E-state index contributed by atoms with van der Waals surface area (Å²) in [5.74, 6) is 1.42. The molecule has 31 heavy (non-hydrogen) atoms. The molecule has 1 aromatic heterocycles. The Morgan fingerprint density at radius 2 is 1.65 bits per heavy atom. The van der Waals surface area contributed by atoms with Gasteiger partial charge in [-0.3, -0.25) is 14.4 Å². The number of amides is 2. The molecule has 5 rings (SSSR count). The average Bonchev–Trinajstić information content (AvgIpc) is 3.53. The van der Waals surface area contributed by atoms with E-state index in [-0.39, 0.29) is 41.2 Å². The molecule has 2 aliphatic heterocycles. The molecule has 2 aliphatic carbocycles. The van der Waals surface area contributed by atoms with Crippen LogP contribution in [0.3, 0.4) is 0 Å². The maximum absolute atomic E-state index is 13.0. The van der Waals surface area contributed by atoms with Gasteiger partial charge in [0.05, 0.1) is 18.3 Å². The number of aromatic nitrogens is 2. The monoisotopic (exact) mass is 428 g/mol. The molecule has 3 heterocycles. The number of methoxy groups -OCH3 is 1. The van der Waals surface area contributed by atoms with Gasteiger partial charge in [0, 0.05) is 50.1 Å². The van der Waals surface area contributed by atoms with Crippen LogP contribution in [0.1, 0.15) is 67.9 Å². The van der Waals surface area contributed by atoms with Gasteiger partial charge in [-0.2, -0.15) is 0 Å². The quantitative estimate of drug-likeness (QED) is 0.786. The summed E-state index contributed by atoms with van der Waals surface area (Å²) in [6, 6.07) is 0. The van der Waals surface area contributed by atoms with E-state index in [0.717, 1.165) is 50.6 Å². The molecule has 1 unspecified atom stereocenters. The predicted molar refractivity (Wildman–Crippen MR) is 113 cm³/mol. The number of likely N-dealkylation sites (tertiary alicyclic amines) is 1. The standard InChI is InChI=1S/C23H32N4O4/c1-31-17-6-4-15(5-7-17)22(29)26-10-8-16(12-26)20-24-19-13-27(23(30)14-2-3-14)11-9-18(19)21(28)25-20/h14-17H,2-13H2,1H3,(H,24,25,28). The van der Waals surface area contributed by atoms with Crippen molar-refractivity contribution >= 4 is 11.8 Å². The molecule has 4 aliphatic rings. The highest BCUT2D eigenvalue weighted by Crippen LogP contribution is 2.33. The molecule has 0 radical (unpaired) electrons. The average molecular weight is 429 g/mol. The zero-order chi connectivity index (χ0) is 21.5. The molecule has 8 nitrogen and oxygen atoms in total. The lowest BCUT2D eigenvalue weighted by molar-refractivity contribution is -0.136. The molecule has 0 aromatic carbocycles. The minimum absolute atomic E-state index is 0.0479. The summed E-state index contributed by atoms with van der Waals surface area (Å²) < 4.78 is 5.42. The summed E-state index contributed by atoms with van der Waals surface area (Å²) in [6.07, 6.45) is 7.28. The van der Waals surface area contributed by atoms with E-state index in [1.54, 1.807) is 7.11 Å². The van der Waals surface area contributed by atoms with Gasteiger partial charge in [0.15, 0.2) is 0 Å². The van der Waals surface area contributed by atoms with Crippen LogP contribution < -0.4 is 5.56 Å². The second-order valence-corrected chi connectivity index (χ2v) is 9.64. The fourth-order valence-corrected chi connectivity index (χ4v) is 5.42. The van der Waals surface area contributed by atoms with Gasteiger partial charge in [0.1, 0.15) is 5.82 Å². The molecular formula is C23H32N4O4. The van der Waals surface area contributed by atoms with Crippen LogP contribution in [-0.2, 0) is 27.3 Å². The Hall–Kier alpha value is -2.22. The van der Waals surface area contributed by atoms with Crippen molar-refractivity contribution in [3.05, 3.63) is 27.4 Å².